The highest BCUT2D eigenvalue weighted by Crippen LogP contribution is 2.16. The van der Waals surface area contributed by atoms with Crippen LogP contribution in [-0.2, 0) is 4.74 Å². The molecule has 1 aromatic heterocycles. The van der Waals surface area contributed by atoms with Crippen LogP contribution in [0.3, 0.4) is 0 Å². The summed E-state index contributed by atoms with van der Waals surface area (Å²) in [5.74, 6) is -0.382. The van der Waals surface area contributed by atoms with Gasteiger partial charge in [0.2, 0.25) is 5.76 Å². The maximum absolute atomic E-state index is 11.1. The molecule has 0 saturated carbocycles. The average Bonchev–Trinajstić information content (AvgIpc) is 2.52. The zero-order chi connectivity index (χ0) is 9.84. The van der Waals surface area contributed by atoms with E-state index in [4.69, 9.17) is 14.3 Å². The summed E-state index contributed by atoms with van der Waals surface area (Å²) in [6.07, 6.45) is 0.712. The van der Waals surface area contributed by atoms with E-state index in [0.717, 1.165) is 0 Å². The van der Waals surface area contributed by atoms with Gasteiger partial charge in [-0.15, -0.1) is 0 Å². The normalized spacial score (nSPS) is 12.5. The van der Waals surface area contributed by atoms with Crippen LogP contribution in [0.25, 0.3) is 0 Å². The predicted molar refractivity (Wildman–Crippen MR) is 45.3 cm³/mol. The number of aliphatic hydroxyl groups is 1. The zero-order valence-electron chi connectivity index (χ0n) is 7.61. The number of hydrogen-bond donors (Lipinski definition) is 1. The minimum atomic E-state index is -0.632. The highest BCUT2D eigenvalue weighted by molar-refractivity contribution is 5.86. The molecule has 0 spiro atoms. The van der Waals surface area contributed by atoms with E-state index in [1.807, 2.05) is 0 Å². The molecule has 1 N–H and O–H groups in total. The van der Waals surface area contributed by atoms with Crippen molar-refractivity contribution in [2.45, 2.75) is 20.0 Å². The molecule has 72 valence electrons. The molecular formula is C9H12O4. The second-order valence-corrected chi connectivity index (χ2v) is 2.64. The van der Waals surface area contributed by atoms with Crippen LogP contribution < -0.4 is 0 Å². The Kier molecular flexibility index (Phi) is 3.08. The van der Waals surface area contributed by atoms with Gasteiger partial charge in [0.1, 0.15) is 0 Å². The van der Waals surface area contributed by atoms with E-state index in [0.29, 0.717) is 12.2 Å². The highest BCUT2D eigenvalue weighted by Gasteiger charge is 2.13. The molecule has 1 rings (SSSR count). The number of carbonyl (C=O) groups is 1. The van der Waals surface area contributed by atoms with E-state index < -0.39 is 12.1 Å². The Balaban J connectivity index is 2.73. The fourth-order valence-corrected chi connectivity index (χ4v) is 0.879. The Morgan fingerprint density at radius 2 is 2.46 bits per heavy atom. The Labute approximate surface area is 76.1 Å². The van der Waals surface area contributed by atoms with Crippen LogP contribution in [0.1, 0.15) is 36.1 Å². The molecule has 0 amide bonds. The molecule has 0 saturated heterocycles. The van der Waals surface area contributed by atoms with E-state index in [1.165, 1.54) is 12.3 Å². The summed E-state index contributed by atoms with van der Waals surface area (Å²) in [4.78, 5) is 11.1. The number of ether oxygens (including phenoxy) is 1. The summed E-state index contributed by atoms with van der Waals surface area (Å²) in [6, 6.07) is 1.47. The number of esters is 1. The van der Waals surface area contributed by atoms with E-state index in [-0.39, 0.29) is 5.76 Å². The lowest BCUT2D eigenvalue weighted by Gasteiger charge is -1.96. The van der Waals surface area contributed by atoms with Crippen LogP contribution in [0.5, 0.6) is 0 Å². The Bertz CT molecular complexity index is 288. The molecule has 4 nitrogen and oxygen atoms in total. The van der Waals surface area contributed by atoms with Crippen molar-refractivity contribution in [3.8, 4) is 0 Å². The van der Waals surface area contributed by atoms with Gasteiger partial charge in [-0.05, 0) is 19.9 Å². The summed E-state index contributed by atoms with van der Waals surface area (Å²) >= 11 is 0. The molecule has 0 aliphatic carbocycles. The summed E-state index contributed by atoms with van der Waals surface area (Å²) in [5.41, 5.74) is 0.572. The van der Waals surface area contributed by atoms with Gasteiger partial charge in [0.15, 0.2) is 0 Å². The van der Waals surface area contributed by atoms with Crippen molar-refractivity contribution in [2.24, 2.45) is 0 Å². The van der Waals surface area contributed by atoms with E-state index >= 15 is 0 Å². The third-order valence-corrected chi connectivity index (χ3v) is 1.58. The number of carbonyl (C=O) groups excluding carboxylic acids is 1. The number of aliphatic hydroxyl groups excluding tert-OH is 1. The first kappa shape index (κ1) is 9.80. The van der Waals surface area contributed by atoms with Crippen LogP contribution >= 0.6 is 0 Å². The quantitative estimate of drug-likeness (QED) is 0.723. The summed E-state index contributed by atoms with van der Waals surface area (Å²) < 4.78 is 9.61. The van der Waals surface area contributed by atoms with Crippen LogP contribution in [0, 0.1) is 0 Å². The lowest BCUT2D eigenvalue weighted by molar-refractivity contribution is 0.0490. The Hall–Kier alpha value is -1.29. The molecule has 4 heteroatoms. The molecule has 13 heavy (non-hydrogen) atoms. The van der Waals surface area contributed by atoms with E-state index in [2.05, 4.69) is 0 Å². The van der Waals surface area contributed by atoms with Crippen molar-refractivity contribution in [2.75, 3.05) is 6.61 Å². The maximum Gasteiger partial charge on any atom is 0.374 e. The SMILES string of the molecule is CCOC(=O)c1cc(C(C)O)co1. The van der Waals surface area contributed by atoms with Crippen LogP contribution in [-0.4, -0.2) is 17.7 Å². The standard InChI is InChI=1S/C9H12O4/c1-3-12-9(11)8-4-7(5-13-8)6(2)10/h4-6,10H,3H2,1-2H3. The maximum atomic E-state index is 11.1. The van der Waals surface area contributed by atoms with Gasteiger partial charge in [0, 0.05) is 5.56 Å². The minimum Gasteiger partial charge on any atom is -0.460 e. The number of rotatable bonds is 3. The van der Waals surface area contributed by atoms with Crippen molar-refractivity contribution < 1.29 is 19.1 Å². The summed E-state index contributed by atoms with van der Waals surface area (Å²) in [7, 11) is 0. The van der Waals surface area contributed by atoms with Crippen LogP contribution in [0.2, 0.25) is 0 Å². The number of furan rings is 1. The lowest BCUT2D eigenvalue weighted by Crippen LogP contribution is -2.02. The largest absolute Gasteiger partial charge is 0.460 e. The van der Waals surface area contributed by atoms with Gasteiger partial charge in [-0.25, -0.2) is 4.79 Å². The Morgan fingerprint density at radius 3 is 2.92 bits per heavy atom. The fraction of sp³-hybridized carbons (Fsp3) is 0.444. The second-order valence-electron chi connectivity index (χ2n) is 2.64. The van der Waals surface area contributed by atoms with Crippen LogP contribution in [0.4, 0.5) is 0 Å². The van der Waals surface area contributed by atoms with Gasteiger partial charge in [0.05, 0.1) is 19.0 Å². The van der Waals surface area contributed by atoms with Crippen molar-refractivity contribution in [3.05, 3.63) is 23.7 Å². The molecular weight excluding hydrogens is 172 g/mol. The molecule has 0 aliphatic rings. The topological polar surface area (TPSA) is 59.7 Å². The first-order valence-corrected chi connectivity index (χ1v) is 4.08. The minimum absolute atomic E-state index is 0.123. The Morgan fingerprint density at radius 1 is 1.77 bits per heavy atom. The monoisotopic (exact) mass is 184 g/mol. The smallest absolute Gasteiger partial charge is 0.374 e. The number of hydrogen-bond acceptors (Lipinski definition) is 4. The van der Waals surface area contributed by atoms with Crippen molar-refractivity contribution in [1.29, 1.82) is 0 Å². The molecule has 0 radical (unpaired) electrons. The third-order valence-electron chi connectivity index (χ3n) is 1.58. The van der Waals surface area contributed by atoms with Gasteiger partial charge >= 0.3 is 5.97 Å². The lowest BCUT2D eigenvalue weighted by atomic mass is 10.2. The zero-order valence-corrected chi connectivity index (χ0v) is 7.61. The summed E-state index contributed by atoms with van der Waals surface area (Å²) in [6.45, 7) is 3.62. The molecule has 1 unspecified atom stereocenters. The first-order valence-electron chi connectivity index (χ1n) is 4.08. The molecule has 1 heterocycles. The molecule has 0 aliphatic heterocycles. The highest BCUT2D eigenvalue weighted by atomic mass is 16.5. The van der Waals surface area contributed by atoms with E-state index in [1.54, 1.807) is 13.8 Å². The van der Waals surface area contributed by atoms with Crippen molar-refractivity contribution >= 4 is 5.97 Å². The van der Waals surface area contributed by atoms with Crippen molar-refractivity contribution in [1.82, 2.24) is 0 Å². The third kappa shape index (κ3) is 2.32. The first-order chi connectivity index (χ1) is 6.15. The van der Waals surface area contributed by atoms with E-state index in [9.17, 15) is 4.79 Å². The predicted octanol–water partition coefficient (Wildman–Crippen LogP) is 1.51. The van der Waals surface area contributed by atoms with Gasteiger partial charge in [-0.2, -0.15) is 0 Å². The van der Waals surface area contributed by atoms with Gasteiger partial charge in [-0.3, -0.25) is 0 Å². The van der Waals surface area contributed by atoms with Crippen LogP contribution in [0.15, 0.2) is 16.7 Å². The van der Waals surface area contributed by atoms with Crippen molar-refractivity contribution in [3.63, 3.8) is 0 Å². The van der Waals surface area contributed by atoms with Gasteiger partial charge in [0.25, 0.3) is 0 Å². The molecule has 0 fully saturated rings. The van der Waals surface area contributed by atoms with Gasteiger partial charge in [-0.1, -0.05) is 0 Å². The average molecular weight is 184 g/mol. The van der Waals surface area contributed by atoms with Gasteiger partial charge < -0.3 is 14.3 Å². The molecule has 0 aromatic carbocycles. The molecule has 1 aromatic rings. The molecule has 0 bridgehead atoms. The summed E-state index contributed by atoms with van der Waals surface area (Å²) in [5, 5.41) is 9.14. The molecule has 1 atom stereocenters. The second kappa shape index (κ2) is 4.09. The fourth-order valence-electron chi connectivity index (χ4n) is 0.879.